The number of anilines is 2. The fourth-order valence-corrected chi connectivity index (χ4v) is 1.57. The molecule has 0 bridgehead atoms. The first-order chi connectivity index (χ1) is 5.45. The van der Waals surface area contributed by atoms with Gasteiger partial charge in [0, 0.05) is 11.6 Å². The van der Waals surface area contributed by atoms with Crippen LogP contribution in [0.25, 0.3) is 0 Å². The summed E-state index contributed by atoms with van der Waals surface area (Å²) >= 11 is 2.85. The fraction of sp³-hybridized carbons (Fsp3) is 0. The molecule has 2 rings (SSSR count). The van der Waals surface area contributed by atoms with Gasteiger partial charge in [0.05, 0.1) is 0 Å². The smallest absolute Gasteiger partial charge is 0.212 e. The van der Waals surface area contributed by atoms with E-state index in [4.69, 9.17) is 0 Å². The van der Waals surface area contributed by atoms with Gasteiger partial charge in [0.25, 0.3) is 0 Å². The predicted molar refractivity (Wildman–Crippen MR) is 44.1 cm³/mol. The molecule has 0 fully saturated rings. The van der Waals surface area contributed by atoms with Gasteiger partial charge in [-0.25, -0.2) is 4.98 Å². The van der Waals surface area contributed by atoms with Gasteiger partial charge in [-0.05, 0) is 0 Å². The number of hydrogen-bond donors (Lipinski definition) is 1. The molecule has 0 atom stereocenters. The predicted octanol–water partition coefficient (Wildman–Crippen LogP) is 1.54. The Kier molecular flexibility index (Phi) is 1.78. The molecular weight excluding hydrogens is 180 g/mol. The van der Waals surface area contributed by atoms with E-state index in [0.717, 1.165) is 10.3 Å². The Morgan fingerprint density at radius 3 is 3.09 bits per heavy atom. The van der Waals surface area contributed by atoms with Crippen LogP contribution >= 0.6 is 22.7 Å². The minimum absolute atomic E-state index is 0.722. The highest BCUT2D eigenvalue weighted by atomic mass is 32.1. The van der Waals surface area contributed by atoms with Gasteiger partial charge >= 0.3 is 0 Å². The Morgan fingerprint density at radius 1 is 1.45 bits per heavy atom. The number of hydrogen-bond acceptors (Lipinski definition) is 6. The van der Waals surface area contributed by atoms with Crippen LogP contribution in [-0.2, 0) is 0 Å². The summed E-state index contributed by atoms with van der Waals surface area (Å²) in [4.78, 5) is 4.02. The summed E-state index contributed by atoms with van der Waals surface area (Å²) in [7, 11) is 0. The van der Waals surface area contributed by atoms with Gasteiger partial charge in [-0.3, -0.25) is 0 Å². The lowest BCUT2D eigenvalue weighted by Crippen LogP contribution is -1.87. The standard InChI is InChI=1S/C5H3N4S2/c1-2-10-4(6-1)8-5-9-7-3-11-5/h1-2H,(H,6,8,9). The highest BCUT2D eigenvalue weighted by molar-refractivity contribution is 7.15. The van der Waals surface area contributed by atoms with E-state index in [-0.39, 0.29) is 0 Å². The SMILES string of the molecule is [c]1nnc(Nc2nccs2)s1. The van der Waals surface area contributed by atoms with Gasteiger partial charge in [-0.1, -0.05) is 11.3 Å². The van der Waals surface area contributed by atoms with Crippen molar-refractivity contribution < 1.29 is 0 Å². The van der Waals surface area contributed by atoms with E-state index < -0.39 is 0 Å². The molecule has 0 unspecified atom stereocenters. The fourth-order valence-electron chi connectivity index (χ4n) is 0.577. The number of nitrogens with one attached hydrogen (secondary N) is 1. The molecule has 0 aliphatic heterocycles. The van der Waals surface area contributed by atoms with Crippen molar-refractivity contribution in [1.82, 2.24) is 15.2 Å². The zero-order valence-corrected chi connectivity index (χ0v) is 6.95. The summed E-state index contributed by atoms with van der Waals surface area (Å²) in [6, 6.07) is 0. The average molecular weight is 183 g/mol. The van der Waals surface area contributed by atoms with E-state index in [1.165, 1.54) is 22.7 Å². The van der Waals surface area contributed by atoms with E-state index in [0.29, 0.717) is 0 Å². The van der Waals surface area contributed by atoms with Crippen LogP contribution in [0, 0.1) is 5.51 Å². The molecule has 0 saturated carbocycles. The molecule has 1 radical (unpaired) electrons. The number of nitrogens with zero attached hydrogens (tertiary/aromatic N) is 3. The van der Waals surface area contributed by atoms with Crippen molar-refractivity contribution in [1.29, 1.82) is 0 Å². The maximum absolute atomic E-state index is 4.02. The zero-order chi connectivity index (χ0) is 7.52. The molecule has 0 aromatic carbocycles. The number of thiazole rings is 1. The second kappa shape index (κ2) is 2.93. The molecule has 2 aromatic heterocycles. The molecule has 0 aliphatic carbocycles. The van der Waals surface area contributed by atoms with Crippen molar-refractivity contribution in [2.75, 3.05) is 5.32 Å². The Hall–Kier alpha value is -1.01. The third-order valence-corrected chi connectivity index (χ3v) is 2.21. The van der Waals surface area contributed by atoms with Gasteiger partial charge in [0.15, 0.2) is 10.6 Å². The van der Waals surface area contributed by atoms with Crippen LogP contribution in [0.4, 0.5) is 10.3 Å². The molecule has 6 heteroatoms. The second-order valence-corrected chi connectivity index (χ2v) is 3.33. The van der Waals surface area contributed by atoms with Crippen molar-refractivity contribution in [2.45, 2.75) is 0 Å². The maximum Gasteiger partial charge on any atom is 0.212 e. The van der Waals surface area contributed by atoms with E-state index in [1.54, 1.807) is 6.20 Å². The summed E-state index contributed by atoms with van der Waals surface area (Å²) in [5.41, 5.74) is 2.64. The zero-order valence-electron chi connectivity index (χ0n) is 5.31. The van der Waals surface area contributed by atoms with E-state index in [1.807, 2.05) is 5.38 Å². The van der Waals surface area contributed by atoms with Crippen LogP contribution in [-0.4, -0.2) is 15.2 Å². The van der Waals surface area contributed by atoms with Crippen LogP contribution in [0.15, 0.2) is 11.6 Å². The molecule has 0 aliphatic rings. The lowest BCUT2D eigenvalue weighted by molar-refractivity contribution is 1.09. The minimum Gasteiger partial charge on any atom is -0.306 e. The highest BCUT2D eigenvalue weighted by Gasteiger charge is 1.97. The lowest BCUT2D eigenvalue weighted by atomic mass is 11.0. The first-order valence-corrected chi connectivity index (χ1v) is 4.51. The first-order valence-electron chi connectivity index (χ1n) is 2.81. The number of rotatable bonds is 2. The minimum atomic E-state index is 0.722. The van der Waals surface area contributed by atoms with Crippen LogP contribution in [0.5, 0.6) is 0 Å². The molecule has 11 heavy (non-hydrogen) atoms. The number of aromatic nitrogens is 3. The molecule has 2 aromatic rings. The first kappa shape index (κ1) is 6.68. The second-order valence-electron chi connectivity index (χ2n) is 1.66. The molecule has 0 amide bonds. The largest absolute Gasteiger partial charge is 0.306 e. The van der Waals surface area contributed by atoms with Crippen LogP contribution in [0.1, 0.15) is 0 Å². The summed E-state index contributed by atoms with van der Waals surface area (Å²) in [6.45, 7) is 0. The van der Waals surface area contributed by atoms with Gasteiger partial charge in [-0.15, -0.1) is 21.5 Å². The Balaban J connectivity index is 2.14. The van der Waals surface area contributed by atoms with Crippen LogP contribution in [0.2, 0.25) is 0 Å². The van der Waals surface area contributed by atoms with Crippen molar-refractivity contribution in [3.8, 4) is 0 Å². The van der Waals surface area contributed by atoms with Crippen molar-refractivity contribution in [3.63, 3.8) is 0 Å². The summed E-state index contributed by atoms with van der Waals surface area (Å²) in [5, 5.41) is 13.8. The van der Waals surface area contributed by atoms with E-state index in [2.05, 4.69) is 26.0 Å². The summed E-state index contributed by atoms with van der Waals surface area (Å²) in [6.07, 6.45) is 1.73. The quantitative estimate of drug-likeness (QED) is 0.767. The highest BCUT2D eigenvalue weighted by Crippen LogP contribution is 2.18. The van der Waals surface area contributed by atoms with Gasteiger partial charge in [-0.2, -0.15) is 0 Å². The molecule has 1 N–H and O–H groups in total. The molecule has 4 nitrogen and oxygen atoms in total. The Bertz CT molecular complexity index is 269. The molecule has 0 spiro atoms. The molecular formula is C5H3N4S2. The summed E-state index contributed by atoms with van der Waals surface area (Å²) in [5.74, 6) is 0. The van der Waals surface area contributed by atoms with E-state index in [9.17, 15) is 0 Å². The van der Waals surface area contributed by atoms with E-state index >= 15 is 0 Å². The monoisotopic (exact) mass is 183 g/mol. The van der Waals surface area contributed by atoms with Crippen molar-refractivity contribution in [2.24, 2.45) is 0 Å². The van der Waals surface area contributed by atoms with Crippen LogP contribution < -0.4 is 5.32 Å². The molecule has 0 saturated heterocycles. The summed E-state index contributed by atoms with van der Waals surface area (Å²) < 4.78 is 0. The molecule has 2 heterocycles. The van der Waals surface area contributed by atoms with Crippen molar-refractivity contribution in [3.05, 3.63) is 17.1 Å². The normalized spacial score (nSPS) is 9.82. The topological polar surface area (TPSA) is 50.7 Å². The Morgan fingerprint density at radius 2 is 2.45 bits per heavy atom. The lowest BCUT2D eigenvalue weighted by Gasteiger charge is -1.91. The molecule has 55 valence electrons. The Labute approximate surface area is 70.9 Å². The van der Waals surface area contributed by atoms with Crippen LogP contribution in [0.3, 0.4) is 0 Å². The third-order valence-electron chi connectivity index (χ3n) is 0.970. The van der Waals surface area contributed by atoms with Gasteiger partial charge < -0.3 is 5.32 Å². The average Bonchev–Trinajstić information content (AvgIpc) is 2.60. The maximum atomic E-state index is 4.02. The van der Waals surface area contributed by atoms with Gasteiger partial charge in [0.2, 0.25) is 5.13 Å². The third kappa shape index (κ3) is 1.52. The van der Waals surface area contributed by atoms with Crippen molar-refractivity contribution >= 4 is 32.9 Å². The van der Waals surface area contributed by atoms with Gasteiger partial charge in [0.1, 0.15) is 0 Å².